The highest BCUT2D eigenvalue weighted by Gasteiger charge is 2.29. The Labute approximate surface area is 255 Å². The Balaban J connectivity index is 1.33. The van der Waals surface area contributed by atoms with E-state index in [1.54, 1.807) is 30.3 Å². The molecule has 0 radical (unpaired) electrons. The monoisotopic (exact) mass is 596 g/mol. The molecular weight excluding hydrogens is 562 g/mol. The van der Waals surface area contributed by atoms with Crippen LogP contribution in [0.3, 0.4) is 0 Å². The molecule has 0 spiro atoms. The van der Waals surface area contributed by atoms with Gasteiger partial charge in [0.1, 0.15) is 11.6 Å². The van der Waals surface area contributed by atoms with Crippen molar-refractivity contribution in [2.24, 2.45) is 0 Å². The van der Waals surface area contributed by atoms with Gasteiger partial charge in [-0.3, -0.25) is 14.4 Å². The van der Waals surface area contributed by atoms with E-state index in [9.17, 15) is 23.2 Å². The van der Waals surface area contributed by atoms with Gasteiger partial charge >= 0.3 is 0 Å². The van der Waals surface area contributed by atoms with E-state index in [4.69, 9.17) is 0 Å². The Kier molecular flexibility index (Phi) is 9.64. The first-order valence-electron chi connectivity index (χ1n) is 14.6. The molecule has 4 aromatic carbocycles. The zero-order chi connectivity index (χ0) is 31.1. The Hall–Kier alpha value is -5.05. The molecule has 0 saturated carbocycles. The lowest BCUT2D eigenvalue weighted by Crippen LogP contribution is -2.50. The maximum absolute atomic E-state index is 13.5. The lowest BCUT2D eigenvalue weighted by Gasteiger charge is -2.38. The summed E-state index contributed by atoms with van der Waals surface area (Å²) < 4.78 is 26.7. The minimum atomic E-state index is -0.446. The molecular formula is C35H34F2N4O3. The SMILES string of the molecule is CCC(C(=O)N1CCN(c2ccc(NC(=O)c3ccc(F)cc3)cc2C(=O)NCc2ccc(F)cc2)CC1)c1ccccc1. The predicted octanol–water partition coefficient (Wildman–Crippen LogP) is 5.99. The van der Waals surface area contributed by atoms with Crippen LogP contribution in [-0.2, 0) is 11.3 Å². The molecule has 226 valence electrons. The van der Waals surface area contributed by atoms with Gasteiger partial charge in [-0.2, -0.15) is 0 Å². The highest BCUT2D eigenvalue weighted by atomic mass is 19.1. The van der Waals surface area contributed by atoms with Crippen LogP contribution >= 0.6 is 0 Å². The number of piperazine rings is 1. The molecule has 1 atom stereocenters. The molecule has 0 aromatic heterocycles. The number of nitrogens with one attached hydrogen (secondary N) is 2. The van der Waals surface area contributed by atoms with Crippen molar-refractivity contribution in [3.8, 4) is 0 Å². The second-order valence-corrected chi connectivity index (χ2v) is 10.7. The molecule has 0 aliphatic carbocycles. The number of carbonyl (C=O) groups is 3. The average molecular weight is 597 g/mol. The molecule has 9 heteroatoms. The van der Waals surface area contributed by atoms with Crippen LogP contribution in [0.5, 0.6) is 0 Å². The smallest absolute Gasteiger partial charge is 0.255 e. The van der Waals surface area contributed by atoms with E-state index in [0.29, 0.717) is 49.5 Å². The van der Waals surface area contributed by atoms with Gasteiger partial charge in [0.2, 0.25) is 5.91 Å². The first-order chi connectivity index (χ1) is 21.3. The third kappa shape index (κ3) is 7.29. The molecule has 3 amide bonds. The van der Waals surface area contributed by atoms with E-state index in [2.05, 4.69) is 15.5 Å². The van der Waals surface area contributed by atoms with Crippen LogP contribution in [-0.4, -0.2) is 48.8 Å². The summed E-state index contributed by atoms with van der Waals surface area (Å²) in [6, 6.07) is 25.9. The van der Waals surface area contributed by atoms with Gasteiger partial charge in [-0.25, -0.2) is 8.78 Å². The summed E-state index contributed by atoms with van der Waals surface area (Å²) in [5.74, 6) is -1.73. The van der Waals surface area contributed by atoms with Crippen molar-refractivity contribution < 1.29 is 23.2 Å². The largest absolute Gasteiger partial charge is 0.367 e. The van der Waals surface area contributed by atoms with E-state index < -0.39 is 11.7 Å². The van der Waals surface area contributed by atoms with Gasteiger partial charge < -0.3 is 20.4 Å². The van der Waals surface area contributed by atoms with Crippen molar-refractivity contribution in [1.82, 2.24) is 10.2 Å². The highest BCUT2D eigenvalue weighted by molar-refractivity contribution is 6.06. The van der Waals surface area contributed by atoms with E-state index in [1.165, 1.54) is 36.4 Å². The van der Waals surface area contributed by atoms with Crippen molar-refractivity contribution in [1.29, 1.82) is 0 Å². The number of halogens is 2. The molecule has 7 nitrogen and oxygen atoms in total. The first kappa shape index (κ1) is 30.4. The van der Waals surface area contributed by atoms with Crippen LogP contribution in [0.4, 0.5) is 20.2 Å². The van der Waals surface area contributed by atoms with Crippen LogP contribution in [0.1, 0.15) is 51.1 Å². The summed E-state index contributed by atoms with van der Waals surface area (Å²) in [7, 11) is 0. The van der Waals surface area contributed by atoms with Gasteiger partial charge in [0, 0.05) is 49.7 Å². The van der Waals surface area contributed by atoms with Gasteiger partial charge in [-0.15, -0.1) is 0 Å². The number of carbonyl (C=O) groups excluding carboxylic acids is 3. The van der Waals surface area contributed by atoms with Gasteiger partial charge in [0.15, 0.2) is 0 Å². The second-order valence-electron chi connectivity index (χ2n) is 10.7. The Morgan fingerprint density at radius 1 is 0.773 bits per heavy atom. The molecule has 1 aliphatic rings. The number of hydrogen-bond acceptors (Lipinski definition) is 4. The third-order valence-corrected chi connectivity index (χ3v) is 7.81. The first-order valence-corrected chi connectivity index (χ1v) is 14.6. The lowest BCUT2D eigenvalue weighted by molar-refractivity contribution is -0.133. The molecule has 1 unspecified atom stereocenters. The molecule has 0 bridgehead atoms. The third-order valence-electron chi connectivity index (χ3n) is 7.81. The average Bonchev–Trinajstić information content (AvgIpc) is 3.05. The summed E-state index contributed by atoms with van der Waals surface area (Å²) in [4.78, 5) is 43.7. The maximum Gasteiger partial charge on any atom is 0.255 e. The Morgan fingerprint density at radius 3 is 2.05 bits per heavy atom. The van der Waals surface area contributed by atoms with Crippen LogP contribution in [0.2, 0.25) is 0 Å². The Morgan fingerprint density at radius 2 is 1.41 bits per heavy atom. The van der Waals surface area contributed by atoms with Crippen LogP contribution in [0, 0.1) is 11.6 Å². The summed E-state index contributed by atoms with van der Waals surface area (Å²) in [5, 5.41) is 5.68. The maximum atomic E-state index is 13.5. The van der Waals surface area contributed by atoms with E-state index in [1.807, 2.05) is 42.2 Å². The molecule has 1 fully saturated rings. The van der Waals surface area contributed by atoms with Gasteiger partial charge in [-0.05, 0) is 72.1 Å². The highest BCUT2D eigenvalue weighted by Crippen LogP contribution is 2.28. The molecule has 2 N–H and O–H groups in total. The summed E-state index contributed by atoms with van der Waals surface area (Å²) in [6.07, 6.45) is 0.701. The fourth-order valence-corrected chi connectivity index (χ4v) is 5.38. The van der Waals surface area contributed by atoms with E-state index in [0.717, 1.165) is 11.1 Å². The van der Waals surface area contributed by atoms with Crippen LogP contribution in [0.15, 0.2) is 97.1 Å². The van der Waals surface area contributed by atoms with Crippen molar-refractivity contribution in [3.63, 3.8) is 0 Å². The summed E-state index contributed by atoms with van der Waals surface area (Å²) in [5.41, 5.74) is 3.43. The molecule has 4 aromatic rings. The van der Waals surface area contributed by atoms with Crippen LogP contribution in [0.25, 0.3) is 0 Å². The van der Waals surface area contributed by atoms with Crippen molar-refractivity contribution in [2.75, 3.05) is 36.4 Å². The van der Waals surface area contributed by atoms with Crippen LogP contribution < -0.4 is 15.5 Å². The number of amides is 3. The minimum absolute atomic E-state index is 0.0921. The van der Waals surface area contributed by atoms with E-state index >= 15 is 0 Å². The quantitative estimate of drug-likeness (QED) is 0.249. The van der Waals surface area contributed by atoms with Gasteiger partial charge in [0.25, 0.3) is 11.8 Å². The number of anilines is 2. The Bertz CT molecular complexity index is 1600. The summed E-state index contributed by atoms with van der Waals surface area (Å²) >= 11 is 0. The van der Waals surface area contributed by atoms with Gasteiger partial charge in [-0.1, -0.05) is 49.4 Å². The van der Waals surface area contributed by atoms with Crippen molar-refractivity contribution >= 4 is 29.1 Å². The molecule has 1 aliphatic heterocycles. The fourth-order valence-electron chi connectivity index (χ4n) is 5.38. The number of hydrogen-bond donors (Lipinski definition) is 2. The van der Waals surface area contributed by atoms with E-state index in [-0.39, 0.29) is 35.7 Å². The zero-order valence-corrected chi connectivity index (χ0v) is 24.4. The molecule has 5 rings (SSSR count). The summed E-state index contributed by atoms with van der Waals surface area (Å²) in [6.45, 7) is 4.25. The fraction of sp³-hybridized carbons (Fsp3) is 0.229. The topological polar surface area (TPSA) is 81.8 Å². The predicted molar refractivity (Wildman–Crippen MR) is 167 cm³/mol. The second kappa shape index (κ2) is 13.9. The lowest BCUT2D eigenvalue weighted by atomic mass is 9.94. The zero-order valence-electron chi connectivity index (χ0n) is 24.4. The van der Waals surface area contributed by atoms with Crippen molar-refractivity contribution in [2.45, 2.75) is 25.8 Å². The molecule has 44 heavy (non-hydrogen) atoms. The van der Waals surface area contributed by atoms with Crippen molar-refractivity contribution in [3.05, 3.63) is 131 Å². The normalized spacial score (nSPS) is 13.7. The standard InChI is InChI=1S/C35H34F2N4O3/c1-2-30(25-6-4-3-5-7-25)35(44)41-20-18-40(19-21-41)32-17-16-29(39-33(42)26-10-14-28(37)15-11-26)22-31(32)34(43)38-23-24-8-12-27(36)13-9-24/h3-17,22,30H,2,18-21,23H2,1H3,(H,38,43)(H,39,42). The molecule has 1 heterocycles. The molecule has 1 saturated heterocycles. The minimum Gasteiger partial charge on any atom is -0.367 e. The number of benzene rings is 4. The number of rotatable bonds is 9. The number of nitrogens with zero attached hydrogens (tertiary/aromatic N) is 2. The van der Waals surface area contributed by atoms with Gasteiger partial charge in [0.05, 0.1) is 11.5 Å².